The molecule has 0 unspecified atom stereocenters. The first-order chi connectivity index (χ1) is 9.35. The van der Waals surface area contributed by atoms with E-state index in [1.54, 1.807) is 11.2 Å². The molecule has 1 aliphatic heterocycles. The molecule has 1 aliphatic rings. The van der Waals surface area contributed by atoms with Crippen molar-refractivity contribution in [3.05, 3.63) is 35.4 Å². The van der Waals surface area contributed by atoms with Gasteiger partial charge in [0.2, 0.25) is 10.0 Å². The Kier molecular flexibility index (Phi) is 4.52. The average molecular weight is 297 g/mol. The van der Waals surface area contributed by atoms with Gasteiger partial charge in [-0.05, 0) is 13.8 Å². The van der Waals surface area contributed by atoms with Gasteiger partial charge in [0.25, 0.3) is 0 Å². The minimum Gasteiger partial charge on any atom is -0.320 e. The molecule has 0 aliphatic carbocycles. The van der Waals surface area contributed by atoms with Crippen molar-refractivity contribution in [3.63, 3.8) is 0 Å². The second-order valence-electron chi connectivity index (χ2n) is 6.01. The molecule has 1 saturated heterocycles. The second kappa shape index (κ2) is 5.84. The molecule has 0 spiro atoms. The Morgan fingerprint density at radius 3 is 2.45 bits per heavy atom. The van der Waals surface area contributed by atoms with Crippen LogP contribution in [0.1, 0.15) is 18.1 Å². The van der Waals surface area contributed by atoms with Crippen LogP contribution in [0.15, 0.2) is 24.3 Å². The van der Waals surface area contributed by atoms with Crippen LogP contribution in [-0.4, -0.2) is 56.2 Å². The standard InChI is InChI=1S/C15H25N2O2S/c1-4-20(18,19)16-8-10-17(3,11-9-16)13-15-7-5-6-14(2)12-15/h5-7,12H,4,8-11,13H2,1-3H3/q+1. The van der Waals surface area contributed by atoms with Gasteiger partial charge in [-0.2, -0.15) is 4.31 Å². The number of benzene rings is 1. The highest BCUT2D eigenvalue weighted by Crippen LogP contribution is 2.18. The molecule has 1 heterocycles. The quantitative estimate of drug-likeness (QED) is 0.792. The van der Waals surface area contributed by atoms with Crippen molar-refractivity contribution in [3.8, 4) is 0 Å². The predicted molar refractivity (Wildman–Crippen MR) is 81.8 cm³/mol. The molecule has 112 valence electrons. The molecule has 0 N–H and O–H groups in total. The number of nitrogens with zero attached hydrogens (tertiary/aromatic N) is 2. The summed E-state index contributed by atoms with van der Waals surface area (Å²) in [5.41, 5.74) is 2.61. The molecule has 0 radical (unpaired) electrons. The number of hydrogen-bond donors (Lipinski definition) is 0. The Bertz CT molecular complexity index is 561. The van der Waals surface area contributed by atoms with Crippen LogP contribution in [0.2, 0.25) is 0 Å². The molecule has 5 heteroatoms. The van der Waals surface area contributed by atoms with Gasteiger partial charge in [-0.25, -0.2) is 8.42 Å². The average Bonchev–Trinajstić information content (AvgIpc) is 2.39. The van der Waals surface area contributed by atoms with Crippen LogP contribution in [-0.2, 0) is 16.6 Å². The first-order valence-electron chi connectivity index (χ1n) is 7.21. The predicted octanol–water partition coefficient (Wildman–Crippen LogP) is 1.61. The molecule has 4 nitrogen and oxygen atoms in total. The van der Waals surface area contributed by atoms with Crippen LogP contribution in [0.25, 0.3) is 0 Å². The monoisotopic (exact) mass is 297 g/mol. The molecule has 1 aromatic rings. The molecule has 0 atom stereocenters. The summed E-state index contributed by atoms with van der Waals surface area (Å²) >= 11 is 0. The molecule has 0 aromatic heterocycles. The van der Waals surface area contributed by atoms with Crippen molar-refractivity contribution < 1.29 is 12.9 Å². The van der Waals surface area contributed by atoms with Crippen LogP contribution in [0.5, 0.6) is 0 Å². The van der Waals surface area contributed by atoms with E-state index in [1.165, 1.54) is 11.1 Å². The second-order valence-corrected chi connectivity index (χ2v) is 8.27. The minimum absolute atomic E-state index is 0.203. The lowest BCUT2D eigenvalue weighted by Gasteiger charge is -2.41. The van der Waals surface area contributed by atoms with Gasteiger partial charge >= 0.3 is 0 Å². The van der Waals surface area contributed by atoms with Gasteiger partial charge in [0.15, 0.2) is 0 Å². The number of piperazine rings is 1. The van der Waals surface area contributed by atoms with Crippen molar-refractivity contribution in [1.29, 1.82) is 0 Å². The van der Waals surface area contributed by atoms with Gasteiger partial charge in [-0.3, -0.25) is 0 Å². The summed E-state index contributed by atoms with van der Waals surface area (Å²) in [6.07, 6.45) is 0. The zero-order valence-corrected chi connectivity index (χ0v) is 13.5. The zero-order chi connectivity index (χ0) is 14.8. The summed E-state index contributed by atoms with van der Waals surface area (Å²) in [5.74, 6) is 0.203. The number of aryl methyl sites for hydroxylation is 1. The van der Waals surface area contributed by atoms with E-state index in [-0.39, 0.29) is 5.75 Å². The van der Waals surface area contributed by atoms with Crippen molar-refractivity contribution in [2.24, 2.45) is 0 Å². The fourth-order valence-electron chi connectivity index (χ4n) is 2.80. The Morgan fingerprint density at radius 2 is 1.90 bits per heavy atom. The van der Waals surface area contributed by atoms with E-state index in [9.17, 15) is 8.42 Å². The third-order valence-electron chi connectivity index (χ3n) is 4.18. The summed E-state index contributed by atoms with van der Waals surface area (Å²) in [7, 11) is -0.807. The van der Waals surface area contributed by atoms with E-state index in [1.807, 2.05) is 0 Å². The SMILES string of the molecule is CCS(=O)(=O)N1CC[N+](C)(Cc2cccc(C)c2)CC1. The number of quaternary nitrogens is 1. The van der Waals surface area contributed by atoms with Gasteiger partial charge in [0.05, 0.1) is 39.0 Å². The van der Waals surface area contributed by atoms with Gasteiger partial charge in [0, 0.05) is 5.56 Å². The molecule has 20 heavy (non-hydrogen) atoms. The maximum absolute atomic E-state index is 11.9. The summed E-state index contributed by atoms with van der Waals surface area (Å²) in [6, 6.07) is 8.58. The fourth-order valence-corrected chi connectivity index (χ4v) is 3.88. The van der Waals surface area contributed by atoms with Crippen molar-refractivity contribution in [1.82, 2.24) is 4.31 Å². The Hall–Kier alpha value is -0.910. The minimum atomic E-state index is -3.03. The molecule has 1 fully saturated rings. The van der Waals surface area contributed by atoms with Crippen molar-refractivity contribution >= 4 is 10.0 Å². The normalized spacial score (nSPS) is 19.9. The van der Waals surface area contributed by atoms with Gasteiger partial charge in [-0.15, -0.1) is 0 Å². The topological polar surface area (TPSA) is 37.4 Å². The number of sulfonamides is 1. The van der Waals surface area contributed by atoms with Crippen LogP contribution in [0.4, 0.5) is 0 Å². The summed E-state index contributed by atoms with van der Waals surface area (Å²) in [4.78, 5) is 0. The highest BCUT2D eigenvalue weighted by atomic mass is 32.2. The molecule has 1 aromatic carbocycles. The van der Waals surface area contributed by atoms with E-state index >= 15 is 0 Å². The highest BCUT2D eigenvalue weighted by Gasteiger charge is 2.33. The van der Waals surface area contributed by atoms with Crippen LogP contribution in [0, 0.1) is 6.92 Å². The lowest BCUT2D eigenvalue weighted by atomic mass is 10.1. The van der Waals surface area contributed by atoms with Crippen LogP contribution >= 0.6 is 0 Å². The van der Waals surface area contributed by atoms with Crippen molar-refractivity contribution in [2.75, 3.05) is 39.0 Å². The van der Waals surface area contributed by atoms with E-state index in [4.69, 9.17) is 0 Å². The van der Waals surface area contributed by atoms with Crippen LogP contribution < -0.4 is 0 Å². The van der Waals surface area contributed by atoms with Gasteiger partial charge in [-0.1, -0.05) is 29.8 Å². The van der Waals surface area contributed by atoms with E-state index in [0.29, 0.717) is 13.1 Å². The van der Waals surface area contributed by atoms with Crippen molar-refractivity contribution in [2.45, 2.75) is 20.4 Å². The molecule has 0 saturated carbocycles. The first-order valence-corrected chi connectivity index (χ1v) is 8.82. The number of likely N-dealkylation sites (N-methyl/N-ethyl adjacent to an activating group) is 1. The lowest BCUT2D eigenvalue weighted by molar-refractivity contribution is -0.925. The van der Waals surface area contributed by atoms with Gasteiger partial charge < -0.3 is 4.48 Å². The molecular weight excluding hydrogens is 272 g/mol. The smallest absolute Gasteiger partial charge is 0.214 e. The Balaban J connectivity index is 2.01. The van der Waals surface area contributed by atoms with Crippen LogP contribution in [0.3, 0.4) is 0 Å². The van der Waals surface area contributed by atoms with E-state index < -0.39 is 10.0 Å². The summed E-state index contributed by atoms with van der Waals surface area (Å²) < 4.78 is 26.3. The molecule has 2 rings (SSSR count). The molecule has 0 amide bonds. The summed E-state index contributed by atoms with van der Waals surface area (Å²) in [6.45, 7) is 7.83. The zero-order valence-electron chi connectivity index (χ0n) is 12.7. The Morgan fingerprint density at radius 1 is 1.25 bits per heavy atom. The van der Waals surface area contributed by atoms with E-state index in [0.717, 1.165) is 24.1 Å². The first kappa shape index (κ1) is 15.5. The highest BCUT2D eigenvalue weighted by molar-refractivity contribution is 7.89. The lowest BCUT2D eigenvalue weighted by Crippen LogP contribution is -2.57. The van der Waals surface area contributed by atoms with E-state index in [2.05, 4.69) is 38.2 Å². The third kappa shape index (κ3) is 3.59. The molecule has 0 bridgehead atoms. The Labute approximate surface area is 122 Å². The fraction of sp³-hybridized carbons (Fsp3) is 0.600. The van der Waals surface area contributed by atoms with Gasteiger partial charge in [0.1, 0.15) is 6.54 Å². The largest absolute Gasteiger partial charge is 0.320 e. The third-order valence-corrected chi connectivity index (χ3v) is 6.06. The number of hydrogen-bond acceptors (Lipinski definition) is 2. The maximum atomic E-state index is 11.9. The molecular formula is C15H25N2O2S+. The number of rotatable bonds is 4. The maximum Gasteiger partial charge on any atom is 0.214 e. The summed E-state index contributed by atoms with van der Waals surface area (Å²) in [5, 5.41) is 0.